The van der Waals surface area contributed by atoms with Crippen LogP contribution in [0.3, 0.4) is 0 Å². The van der Waals surface area contributed by atoms with Gasteiger partial charge in [0.25, 0.3) is 0 Å². The molecular formula is C18H23N5O. The van der Waals surface area contributed by atoms with E-state index in [1.165, 1.54) is 12.8 Å². The van der Waals surface area contributed by atoms with E-state index in [-0.39, 0.29) is 0 Å². The molecule has 0 radical (unpaired) electrons. The van der Waals surface area contributed by atoms with E-state index in [9.17, 15) is 0 Å². The third-order valence-corrected chi connectivity index (χ3v) is 4.68. The molecule has 1 saturated carbocycles. The number of fused-ring (bicyclic) bond motifs is 1. The molecule has 2 aromatic heterocycles. The zero-order valence-corrected chi connectivity index (χ0v) is 14.4. The first kappa shape index (κ1) is 15.1. The highest BCUT2D eigenvalue weighted by molar-refractivity contribution is 5.94. The predicted molar refractivity (Wildman–Crippen MR) is 96.0 cm³/mol. The summed E-state index contributed by atoms with van der Waals surface area (Å²) in [5.41, 5.74) is 11.9. The second-order valence-electron chi connectivity index (χ2n) is 6.65. The van der Waals surface area contributed by atoms with Gasteiger partial charge in [0.2, 0.25) is 5.95 Å². The Morgan fingerprint density at radius 3 is 2.75 bits per heavy atom. The number of imidazole rings is 1. The minimum Gasteiger partial charge on any atom is -0.397 e. The molecular weight excluding hydrogens is 302 g/mol. The Morgan fingerprint density at radius 1 is 1.33 bits per heavy atom. The van der Waals surface area contributed by atoms with Crippen LogP contribution in [0.2, 0.25) is 0 Å². The van der Waals surface area contributed by atoms with Crippen LogP contribution in [-0.2, 0) is 6.54 Å². The van der Waals surface area contributed by atoms with Gasteiger partial charge in [0.1, 0.15) is 11.3 Å². The van der Waals surface area contributed by atoms with Gasteiger partial charge in [-0.3, -0.25) is 0 Å². The highest BCUT2D eigenvalue weighted by atomic mass is 16.5. The fourth-order valence-corrected chi connectivity index (χ4v) is 3.32. The first-order chi connectivity index (χ1) is 11.6. The fourth-order valence-electron chi connectivity index (χ4n) is 3.32. The van der Waals surface area contributed by atoms with Crippen LogP contribution < -0.4 is 11.1 Å². The van der Waals surface area contributed by atoms with Crippen LogP contribution in [0.25, 0.3) is 22.2 Å². The summed E-state index contributed by atoms with van der Waals surface area (Å²) in [5.74, 6) is 2.47. The van der Waals surface area contributed by atoms with E-state index in [0.29, 0.717) is 5.69 Å². The summed E-state index contributed by atoms with van der Waals surface area (Å²) in [6, 6.07) is 4.13. The number of nitrogens with zero attached hydrogens (tertiary/aromatic N) is 3. The summed E-state index contributed by atoms with van der Waals surface area (Å²) in [5, 5.41) is 7.44. The van der Waals surface area contributed by atoms with Crippen LogP contribution in [0.15, 0.2) is 16.7 Å². The van der Waals surface area contributed by atoms with Crippen molar-refractivity contribution in [3.8, 4) is 11.1 Å². The topological polar surface area (TPSA) is 81.9 Å². The summed E-state index contributed by atoms with van der Waals surface area (Å²) in [6.45, 7) is 7.80. The summed E-state index contributed by atoms with van der Waals surface area (Å²) in [6.07, 6.45) is 2.59. The van der Waals surface area contributed by atoms with E-state index in [4.69, 9.17) is 15.2 Å². The van der Waals surface area contributed by atoms with Crippen LogP contribution in [0.4, 0.5) is 11.6 Å². The average molecular weight is 325 g/mol. The van der Waals surface area contributed by atoms with Gasteiger partial charge in [0, 0.05) is 18.7 Å². The summed E-state index contributed by atoms with van der Waals surface area (Å²) < 4.78 is 7.60. The van der Waals surface area contributed by atoms with Crippen molar-refractivity contribution in [2.45, 2.75) is 40.2 Å². The van der Waals surface area contributed by atoms with E-state index in [2.05, 4.69) is 28.0 Å². The van der Waals surface area contributed by atoms with Gasteiger partial charge in [0.05, 0.1) is 16.9 Å². The molecule has 24 heavy (non-hydrogen) atoms. The van der Waals surface area contributed by atoms with Gasteiger partial charge in [-0.1, -0.05) is 5.16 Å². The number of nitrogens with two attached hydrogens (primary N) is 1. The maximum absolute atomic E-state index is 6.33. The molecule has 3 N–H and O–H groups in total. The van der Waals surface area contributed by atoms with Crippen LogP contribution in [0.1, 0.15) is 31.2 Å². The van der Waals surface area contributed by atoms with Crippen molar-refractivity contribution in [3.05, 3.63) is 23.6 Å². The van der Waals surface area contributed by atoms with Gasteiger partial charge in [0.15, 0.2) is 0 Å². The lowest BCUT2D eigenvalue weighted by molar-refractivity contribution is 0.393. The third kappa shape index (κ3) is 2.42. The van der Waals surface area contributed by atoms with Crippen molar-refractivity contribution in [3.63, 3.8) is 0 Å². The average Bonchev–Trinajstić information content (AvgIpc) is 3.21. The number of rotatable bonds is 5. The highest BCUT2D eigenvalue weighted by Gasteiger charge is 2.25. The maximum atomic E-state index is 6.33. The van der Waals surface area contributed by atoms with Gasteiger partial charge in [-0.2, -0.15) is 0 Å². The largest absolute Gasteiger partial charge is 0.397 e. The van der Waals surface area contributed by atoms with Crippen LogP contribution >= 0.6 is 0 Å². The van der Waals surface area contributed by atoms with E-state index in [1.807, 2.05) is 19.9 Å². The zero-order chi connectivity index (χ0) is 16.8. The number of aromatic nitrogens is 3. The normalized spacial score (nSPS) is 14.5. The van der Waals surface area contributed by atoms with Gasteiger partial charge in [-0.15, -0.1) is 0 Å². The molecule has 0 aliphatic heterocycles. The quantitative estimate of drug-likeness (QED) is 0.698. The van der Waals surface area contributed by atoms with Crippen molar-refractivity contribution in [2.75, 3.05) is 17.6 Å². The smallest absolute Gasteiger partial charge is 0.203 e. The minimum atomic E-state index is 0.691. The Morgan fingerprint density at radius 2 is 2.12 bits per heavy atom. The Labute approximate surface area is 141 Å². The number of hydrogen-bond donors (Lipinski definition) is 2. The van der Waals surface area contributed by atoms with E-state index in [1.54, 1.807) is 0 Å². The zero-order valence-electron chi connectivity index (χ0n) is 14.4. The summed E-state index contributed by atoms with van der Waals surface area (Å²) in [4.78, 5) is 4.74. The first-order valence-electron chi connectivity index (χ1n) is 8.55. The lowest BCUT2D eigenvalue weighted by Crippen LogP contribution is -2.08. The molecule has 6 heteroatoms. The van der Waals surface area contributed by atoms with Gasteiger partial charge >= 0.3 is 0 Å². The molecule has 1 fully saturated rings. The third-order valence-electron chi connectivity index (χ3n) is 4.68. The SMILES string of the molecule is CCNc1nc2c(N)cc(-c3c(C)noc3C)cc2n1CC1CC1. The highest BCUT2D eigenvalue weighted by Crippen LogP contribution is 2.37. The maximum Gasteiger partial charge on any atom is 0.203 e. The Hall–Kier alpha value is -2.50. The number of hydrogen-bond acceptors (Lipinski definition) is 5. The summed E-state index contributed by atoms with van der Waals surface area (Å²) >= 11 is 0. The van der Waals surface area contributed by atoms with Crippen LogP contribution in [0.5, 0.6) is 0 Å². The monoisotopic (exact) mass is 325 g/mol. The second-order valence-corrected chi connectivity index (χ2v) is 6.65. The molecule has 0 bridgehead atoms. The predicted octanol–water partition coefficient (Wildman–Crippen LogP) is 3.73. The van der Waals surface area contributed by atoms with Gasteiger partial charge in [-0.05, 0) is 57.2 Å². The number of nitrogen functional groups attached to an aromatic ring is 1. The van der Waals surface area contributed by atoms with Crippen molar-refractivity contribution >= 4 is 22.7 Å². The molecule has 1 aromatic carbocycles. The number of nitrogens with one attached hydrogen (secondary N) is 1. The molecule has 2 heterocycles. The Balaban J connectivity index is 1.92. The molecule has 0 atom stereocenters. The number of anilines is 2. The van der Waals surface area contributed by atoms with Crippen molar-refractivity contribution < 1.29 is 4.52 Å². The Bertz CT molecular complexity index is 884. The Kier molecular flexibility index (Phi) is 3.48. The number of benzene rings is 1. The molecule has 6 nitrogen and oxygen atoms in total. The molecule has 0 amide bonds. The molecule has 0 saturated heterocycles. The molecule has 1 aliphatic carbocycles. The van der Waals surface area contributed by atoms with Crippen LogP contribution in [0, 0.1) is 19.8 Å². The lowest BCUT2D eigenvalue weighted by atomic mass is 10.0. The molecule has 1 aliphatic rings. The first-order valence-corrected chi connectivity index (χ1v) is 8.55. The number of aryl methyl sites for hydroxylation is 2. The second kappa shape index (κ2) is 5.54. The molecule has 4 rings (SSSR count). The molecule has 126 valence electrons. The molecule has 0 spiro atoms. The summed E-state index contributed by atoms with van der Waals surface area (Å²) in [7, 11) is 0. The lowest BCUT2D eigenvalue weighted by Gasteiger charge is -2.10. The van der Waals surface area contributed by atoms with Crippen molar-refractivity contribution in [2.24, 2.45) is 5.92 Å². The van der Waals surface area contributed by atoms with Crippen molar-refractivity contribution in [1.82, 2.24) is 14.7 Å². The molecule has 0 unspecified atom stereocenters. The van der Waals surface area contributed by atoms with E-state index in [0.717, 1.165) is 58.6 Å². The fraction of sp³-hybridized carbons (Fsp3) is 0.444. The van der Waals surface area contributed by atoms with Gasteiger partial charge in [-0.25, -0.2) is 4.98 Å². The van der Waals surface area contributed by atoms with Crippen molar-refractivity contribution in [1.29, 1.82) is 0 Å². The van der Waals surface area contributed by atoms with E-state index < -0.39 is 0 Å². The molecule has 3 aromatic rings. The minimum absolute atomic E-state index is 0.691. The van der Waals surface area contributed by atoms with Crippen LogP contribution in [-0.4, -0.2) is 21.3 Å². The van der Waals surface area contributed by atoms with Gasteiger partial charge < -0.3 is 20.1 Å². The standard InChI is InChI=1S/C18H23N5O/c1-4-20-18-21-17-14(19)7-13(16-10(2)22-24-11(16)3)8-15(17)23(18)9-12-5-6-12/h7-8,12H,4-6,9,19H2,1-3H3,(H,20,21). The van der Waals surface area contributed by atoms with E-state index >= 15 is 0 Å².